The molecule has 0 aliphatic rings. The summed E-state index contributed by atoms with van der Waals surface area (Å²) in [5.74, 6) is 0. The lowest BCUT2D eigenvalue weighted by atomic mass is 10.2. The van der Waals surface area contributed by atoms with Gasteiger partial charge in [0.25, 0.3) is 0 Å². The first-order valence-electron chi connectivity index (χ1n) is 7.41. The van der Waals surface area contributed by atoms with E-state index in [2.05, 4.69) is 27.0 Å². The molecule has 1 heterocycles. The molecule has 3 nitrogen and oxygen atoms in total. The number of para-hydroxylation sites is 1. The molecule has 1 N–H and O–H groups in total. The minimum atomic E-state index is 0.448. The highest BCUT2D eigenvalue weighted by Gasteiger charge is 1.98. The van der Waals surface area contributed by atoms with E-state index >= 15 is 0 Å². The van der Waals surface area contributed by atoms with Gasteiger partial charge in [-0.2, -0.15) is 0 Å². The lowest BCUT2D eigenvalue weighted by Gasteiger charge is -2.08. The number of hydrogen-bond acceptors (Lipinski definition) is 1. The number of anilines is 1. The molecule has 0 aliphatic heterocycles. The Bertz CT molecular complexity index is 839. The Labute approximate surface area is 141 Å². The van der Waals surface area contributed by atoms with Gasteiger partial charge in [-0.3, -0.25) is 0 Å². The standard InChI is InChI=1S/C19H17N3S/c23-19(20-17-11-5-2-6-12-17)21-18-13-7-8-14-22(18)15-16-9-3-1-4-10-16/h1-14H,15H2,(H,20,23). The highest BCUT2D eigenvalue weighted by molar-refractivity contribution is 7.80. The third kappa shape index (κ3) is 4.37. The molecule has 0 saturated heterocycles. The average molecular weight is 319 g/mol. The van der Waals surface area contributed by atoms with Crippen molar-refractivity contribution < 1.29 is 0 Å². The smallest absolute Gasteiger partial charge is 0.199 e. The Balaban J connectivity index is 1.83. The first kappa shape index (κ1) is 15.2. The Morgan fingerprint density at radius 2 is 1.52 bits per heavy atom. The van der Waals surface area contributed by atoms with Gasteiger partial charge in [0.1, 0.15) is 5.49 Å². The fraction of sp³-hybridized carbons (Fsp3) is 0.0526. The highest BCUT2D eigenvalue weighted by Crippen LogP contribution is 2.05. The van der Waals surface area contributed by atoms with Crippen molar-refractivity contribution in [2.45, 2.75) is 6.54 Å². The zero-order valence-electron chi connectivity index (χ0n) is 12.6. The van der Waals surface area contributed by atoms with E-state index < -0.39 is 0 Å². The molecule has 0 radical (unpaired) electrons. The zero-order chi connectivity index (χ0) is 15.9. The number of pyridine rings is 1. The lowest BCUT2D eigenvalue weighted by molar-refractivity contribution is 0.746. The van der Waals surface area contributed by atoms with Crippen molar-refractivity contribution >= 4 is 23.0 Å². The van der Waals surface area contributed by atoms with E-state index in [0.29, 0.717) is 5.11 Å². The largest absolute Gasteiger partial charge is 0.331 e. The Hall–Kier alpha value is -2.72. The molecule has 0 atom stereocenters. The van der Waals surface area contributed by atoms with Crippen LogP contribution in [0.1, 0.15) is 5.56 Å². The molecule has 1 aromatic heterocycles. The van der Waals surface area contributed by atoms with Crippen LogP contribution in [0, 0.1) is 0 Å². The molecular formula is C19H17N3S. The molecule has 0 unspecified atom stereocenters. The first-order chi connectivity index (χ1) is 11.3. The SMILES string of the molecule is S=C(N=c1ccccn1Cc1ccccc1)Nc1ccccc1. The van der Waals surface area contributed by atoms with E-state index in [-0.39, 0.29) is 0 Å². The third-order valence-electron chi connectivity index (χ3n) is 3.35. The predicted octanol–water partition coefficient (Wildman–Crippen LogP) is 3.83. The van der Waals surface area contributed by atoms with Gasteiger partial charge in [0.05, 0.1) is 0 Å². The number of aromatic nitrogens is 1. The summed E-state index contributed by atoms with van der Waals surface area (Å²) in [6, 6.07) is 26.0. The molecule has 3 aromatic rings. The van der Waals surface area contributed by atoms with Crippen LogP contribution in [-0.4, -0.2) is 9.68 Å². The van der Waals surface area contributed by atoms with Gasteiger partial charge in [-0.15, -0.1) is 0 Å². The number of hydrogen-bond donors (Lipinski definition) is 1. The van der Waals surface area contributed by atoms with E-state index in [1.54, 1.807) is 0 Å². The minimum Gasteiger partial charge on any atom is -0.331 e. The quantitative estimate of drug-likeness (QED) is 0.743. The van der Waals surface area contributed by atoms with Gasteiger partial charge in [0.15, 0.2) is 5.11 Å². The predicted molar refractivity (Wildman–Crippen MR) is 98.2 cm³/mol. The minimum absolute atomic E-state index is 0.448. The van der Waals surface area contributed by atoms with Crippen LogP contribution >= 0.6 is 12.2 Å². The number of thiocarbonyl (C=S) groups is 1. The molecule has 3 rings (SSSR count). The maximum absolute atomic E-state index is 5.35. The van der Waals surface area contributed by atoms with Crippen molar-refractivity contribution in [1.82, 2.24) is 4.57 Å². The first-order valence-corrected chi connectivity index (χ1v) is 7.82. The maximum Gasteiger partial charge on any atom is 0.199 e. The maximum atomic E-state index is 5.35. The molecule has 2 aromatic carbocycles. The van der Waals surface area contributed by atoms with Crippen LogP contribution in [0.25, 0.3) is 0 Å². The van der Waals surface area contributed by atoms with Gasteiger partial charge in [0, 0.05) is 18.4 Å². The van der Waals surface area contributed by atoms with E-state index in [9.17, 15) is 0 Å². The van der Waals surface area contributed by atoms with Gasteiger partial charge in [0.2, 0.25) is 0 Å². The number of nitrogens with zero attached hydrogens (tertiary/aromatic N) is 2. The normalized spacial score (nSPS) is 11.2. The fourth-order valence-electron chi connectivity index (χ4n) is 2.26. The summed E-state index contributed by atoms with van der Waals surface area (Å²) < 4.78 is 2.08. The Morgan fingerprint density at radius 3 is 2.26 bits per heavy atom. The van der Waals surface area contributed by atoms with Crippen LogP contribution < -0.4 is 10.8 Å². The van der Waals surface area contributed by atoms with Crippen LogP contribution in [0.2, 0.25) is 0 Å². The molecule has 0 saturated carbocycles. The number of rotatable bonds is 3. The van der Waals surface area contributed by atoms with Crippen LogP contribution in [0.3, 0.4) is 0 Å². The molecule has 0 aliphatic carbocycles. The van der Waals surface area contributed by atoms with Gasteiger partial charge in [-0.05, 0) is 42.0 Å². The van der Waals surface area contributed by atoms with Crippen molar-refractivity contribution in [1.29, 1.82) is 0 Å². The number of nitrogens with one attached hydrogen (secondary N) is 1. The summed E-state index contributed by atoms with van der Waals surface area (Å²) in [4.78, 5) is 4.53. The van der Waals surface area contributed by atoms with Crippen molar-refractivity contribution in [2.24, 2.45) is 4.99 Å². The Kier molecular flexibility index (Phi) is 4.96. The number of benzene rings is 2. The van der Waals surface area contributed by atoms with Gasteiger partial charge >= 0.3 is 0 Å². The molecule has 114 valence electrons. The second kappa shape index (κ2) is 7.51. The van der Waals surface area contributed by atoms with Crippen LogP contribution in [0.4, 0.5) is 5.69 Å². The van der Waals surface area contributed by atoms with E-state index in [1.165, 1.54) is 5.56 Å². The molecule has 0 amide bonds. The van der Waals surface area contributed by atoms with Crippen LogP contribution in [-0.2, 0) is 6.54 Å². The van der Waals surface area contributed by atoms with E-state index in [1.807, 2.05) is 72.9 Å². The molecule has 23 heavy (non-hydrogen) atoms. The summed E-state index contributed by atoms with van der Waals surface area (Å²) in [6.07, 6.45) is 2.01. The molecular weight excluding hydrogens is 302 g/mol. The topological polar surface area (TPSA) is 29.3 Å². The van der Waals surface area contributed by atoms with Crippen molar-refractivity contribution in [3.8, 4) is 0 Å². The molecule has 0 bridgehead atoms. The molecule has 0 fully saturated rings. The van der Waals surface area contributed by atoms with Gasteiger partial charge in [-0.25, -0.2) is 4.99 Å². The zero-order valence-corrected chi connectivity index (χ0v) is 13.4. The van der Waals surface area contributed by atoms with Crippen LogP contribution in [0.5, 0.6) is 0 Å². The summed E-state index contributed by atoms with van der Waals surface area (Å²) in [5.41, 5.74) is 2.98. The third-order valence-corrected chi connectivity index (χ3v) is 3.55. The summed E-state index contributed by atoms with van der Waals surface area (Å²) in [7, 11) is 0. The molecule has 0 spiro atoms. The van der Waals surface area contributed by atoms with Crippen molar-refractivity contribution in [3.63, 3.8) is 0 Å². The summed E-state index contributed by atoms with van der Waals surface area (Å²) >= 11 is 5.35. The van der Waals surface area contributed by atoms with E-state index in [4.69, 9.17) is 12.2 Å². The van der Waals surface area contributed by atoms with Crippen LogP contribution in [0.15, 0.2) is 90.1 Å². The van der Waals surface area contributed by atoms with E-state index in [0.717, 1.165) is 17.7 Å². The van der Waals surface area contributed by atoms with Gasteiger partial charge < -0.3 is 9.88 Å². The lowest BCUT2D eigenvalue weighted by Crippen LogP contribution is -2.23. The molecule has 4 heteroatoms. The fourth-order valence-corrected chi connectivity index (χ4v) is 2.47. The summed E-state index contributed by atoms with van der Waals surface area (Å²) in [5, 5.41) is 3.58. The second-order valence-electron chi connectivity index (χ2n) is 5.08. The Morgan fingerprint density at radius 1 is 0.870 bits per heavy atom. The van der Waals surface area contributed by atoms with Crippen molar-refractivity contribution in [3.05, 3.63) is 96.1 Å². The van der Waals surface area contributed by atoms with Crippen molar-refractivity contribution in [2.75, 3.05) is 5.32 Å². The second-order valence-corrected chi connectivity index (χ2v) is 5.47. The average Bonchev–Trinajstić information content (AvgIpc) is 2.58. The highest BCUT2D eigenvalue weighted by atomic mass is 32.1. The van der Waals surface area contributed by atoms with Gasteiger partial charge in [-0.1, -0.05) is 54.6 Å². The monoisotopic (exact) mass is 319 g/mol. The summed E-state index contributed by atoms with van der Waals surface area (Å²) in [6.45, 7) is 0.758.